The van der Waals surface area contributed by atoms with Crippen LogP contribution in [-0.4, -0.2) is 31.9 Å². The van der Waals surface area contributed by atoms with Crippen LogP contribution in [0.1, 0.15) is 32.6 Å². The number of hydrogen-bond acceptors (Lipinski definition) is 2. The minimum atomic E-state index is 0.692. The van der Waals surface area contributed by atoms with Crippen molar-refractivity contribution < 1.29 is 4.74 Å². The molecule has 0 bridgehead atoms. The van der Waals surface area contributed by atoms with Crippen molar-refractivity contribution in [3.05, 3.63) is 0 Å². The predicted octanol–water partition coefficient (Wildman–Crippen LogP) is 1.68. The van der Waals surface area contributed by atoms with E-state index in [1.807, 2.05) is 0 Å². The third-order valence-electron chi connectivity index (χ3n) is 1.91. The van der Waals surface area contributed by atoms with Gasteiger partial charge in [-0.25, -0.2) is 0 Å². The maximum atomic E-state index is 5.07. The van der Waals surface area contributed by atoms with E-state index in [2.05, 4.69) is 17.6 Å². The van der Waals surface area contributed by atoms with Crippen LogP contribution >= 0.6 is 12.2 Å². The smallest absolute Gasteiger partial charge is 0.166 e. The summed E-state index contributed by atoms with van der Waals surface area (Å²) in [6.45, 7) is 4.65. The molecule has 4 heteroatoms. The summed E-state index contributed by atoms with van der Waals surface area (Å²) in [6.07, 6.45) is 5.06. The minimum absolute atomic E-state index is 0.692. The van der Waals surface area contributed by atoms with Crippen LogP contribution < -0.4 is 10.6 Å². The van der Waals surface area contributed by atoms with Gasteiger partial charge >= 0.3 is 0 Å². The first-order valence-electron chi connectivity index (χ1n) is 5.32. The summed E-state index contributed by atoms with van der Waals surface area (Å²) < 4.78 is 4.90. The summed E-state index contributed by atoms with van der Waals surface area (Å²) in [6, 6.07) is 0. The molecule has 0 atom stereocenters. The lowest BCUT2D eigenvalue weighted by Crippen LogP contribution is -2.37. The predicted molar refractivity (Wildman–Crippen MR) is 64.6 cm³/mol. The lowest BCUT2D eigenvalue weighted by atomic mass is 10.2. The topological polar surface area (TPSA) is 33.3 Å². The molecule has 0 amide bonds. The van der Waals surface area contributed by atoms with E-state index in [4.69, 9.17) is 17.0 Å². The van der Waals surface area contributed by atoms with Crippen LogP contribution in [0.4, 0.5) is 0 Å². The highest BCUT2D eigenvalue weighted by molar-refractivity contribution is 7.80. The second-order valence-electron chi connectivity index (χ2n) is 3.24. The van der Waals surface area contributed by atoms with Crippen LogP contribution in [0.15, 0.2) is 0 Å². The van der Waals surface area contributed by atoms with Gasteiger partial charge in [0, 0.05) is 20.2 Å². The number of ether oxygens (including phenoxy) is 1. The van der Waals surface area contributed by atoms with Crippen LogP contribution in [0, 0.1) is 0 Å². The molecule has 0 heterocycles. The maximum absolute atomic E-state index is 5.07. The fourth-order valence-corrected chi connectivity index (χ4v) is 1.29. The minimum Gasteiger partial charge on any atom is -0.383 e. The van der Waals surface area contributed by atoms with Gasteiger partial charge in [-0.3, -0.25) is 0 Å². The zero-order valence-corrected chi connectivity index (χ0v) is 10.1. The number of methoxy groups -OCH3 is 1. The quantitative estimate of drug-likeness (QED) is 0.480. The third-order valence-corrected chi connectivity index (χ3v) is 2.20. The van der Waals surface area contributed by atoms with Crippen LogP contribution in [0.5, 0.6) is 0 Å². The van der Waals surface area contributed by atoms with Crippen LogP contribution in [0.2, 0.25) is 0 Å². The zero-order chi connectivity index (χ0) is 10.6. The summed E-state index contributed by atoms with van der Waals surface area (Å²) in [5, 5.41) is 6.97. The molecule has 2 N–H and O–H groups in total. The Morgan fingerprint density at radius 1 is 1.14 bits per heavy atom. The monoisotopic (exact) mass is 218 g/mol. The first kappa shape index (κ1) is 13.7. The van der Waals surface area contributed by atoms with Gasteiger partial charge in [0.1, 0.15) is 0 Å². The molecule has 3 nitrogen and oxygen atoms in total. The van der Waals surface area contributed by atoms with E-state index in [1.165, 1.54) is 25.7 Å². The SMILES string of the molecule is CCCCCCNC(=S)NCCOC. The molecule has 0 aromatic heterocycles. The lowest BCUT2D eigenvalue weighted by Gasteiger charge is -2.09. The highest BCUT2D eigenvalue weighted by Gasteiger charge is 1.93. The summed E-state index contributed by atoms with van der Waals surface area (Å²) in [5.41, 5.74) is 0. The molecular weight excluding hydrogens is 196 g/mol. The number of thiocarbonyl (C=S) groups is 1. The molecule has 14 heavy (non-hydrogen) atoms. The van der Waals surface area contributed by atoms with Gasteiger partial charge in [-0.05, 0) is 18.6 Å². The molecule has 0 aliphatic carbocycles. The summed E-state index contributed by atoms with van der Waals surface area (Å²) in [7, 11) is 1.68. The van der Waals surface area contributed by atoms with Crippen molar-refractivity contribution in [2.75, 3.05) is 26.8 Å². The maximum Gasteiger partial charge on any atom is 0.166 e. The molecule has 0 fully saturated rings. The Hall–Kier alpha value is -0.350. The Kier molecular flexibility index (Phi) is 10.5. The highest BCUT2D eigenvalue weighted by Crippen LogP contribution is 1.96. The van der Waals surface area contributed by atoms with Gasteiger partial charge in [0.05, 0.1) is 6.61 Å². The molecule has 0 spiro atoms. The van der Waals surface area contributed by atoms with Crippen molar-refractivity contribution in [3.8, 4) is 0 Å². The van der Waals surface area contributed by atoms with Gasteiger partial charge in [-0.2, -0.15) is 0 Å². The van der Waals surface area contributed by atoms with Gasteiger partial charge in [-0.1, -0.05) is 26.2 Å². The van der Waals surface area contributed by atoms with Crippen molar-refractivity contribution in [1.29, 1.82) is 0 Å². The molecule has 0 rings (SSSR count). The molecule has 0 aromatic carbocycles. The fourth-order valence-electron chi connectivity index (χ4n) is 1.08. The van der Waals surface area contributed by atoms with E-state index >= 15 is 0 Å². The largest absolute Gasteiger partial charge is 0.383 e. The van der Waals surface area contributed by atoms with Crippen molar-refractivity contribution in [2.45, 2.75) is 32.6 Å². The summed E-state index contributed by atoms with van der Waals surface area (Å²) in [5.74, 6) is 0. The van der Waals surface area contributed by atoms with E-state index in [0.717, 1.165) is 18.2 Å². The van der Waals surface area contributed by atoms with Crippen molar-refractivity contribution in [3.63, 3.8) is 0 Å². The van der Waals surface area contributed by atoms with Crippen molar-refractivity contribution in [1.82, 2.24) is 10.6 Å². The Balaban J connectivity index is 3.10. The third kappa shape index (κ3) is 9.74. The number of unbranched alkanes of at least 4 members (excludes halogenated alkanes) is 3. The number of nitrogens with one attached hydrogen (secondary N) is 2. The van der Waals surface area contributed by atoms with Crippen LogP contribution in [0.3, 0.4) is 0 Å². The molecule has 0 aliphatic rings. The summed E-state index contributed by atoms with van der Waals surface area (Å²) in [4.78, 5) is 0. The molecule has 0 radical (unpaired) electrons. The molecule has 0 aromatic rings. The van der Waals surface area contributed by atoms with Gasteiger partial charge in [-0.15, -0.1) is 0 Å². The average Bonchev–Trinajstić information content (AvgIpc) is 2.18. The molecule has 84 valence electrons. The second kappa shape index (κ2) is 10.7. The number of rotatable bonds is 8. The van der Waals surface area contributed by atoms with E-state index in [9.17, 15) is 0 Å². The first-order chi connectivity index (χ1) is 6.81. The second-order valence-corrected chi connectivity index (χ2v) is 3.64. The van der Waals surface area contributed by atoms with E-state index < -0.39 is 0 Å². The van der Waals surface area contributed by atoms with Gasteiger partial charge in [0.25, 0.3) is 0 Å². The Bertz CT molecular complexity index is 142. The van der Waals surface area contributed by atoms with E-state index in [0.29, 0.717) is 6.61 Å². The van der Waals surface area contributed by atoms with E-state index in [-0.39, 0.29) is 0 Å². The average molecular weight is 218 g/mol. The normalized spacial score (nSPS) is 9.86. The standard InChI is InChI=1S/C10H22N2OS/c1-3-4-5-6-7-11-10(14)12-8-9-13-2/h3-9H2,1-2H3,(H2,11,12,14). The van der Waals surface area contributed by atoms with Crippen LogP contribution in [-0.2, 0) is 4.74 Å². The zero-order valence-electron chi connectivity index (χ0n) is 9.27. The van der Waals surface area contributed by atoms with Gasteiger partial charge in [0.15, 0.2) is 5.11 Å². The molecule has 0 unspecified atom stereocenters. The van der Waals surface area contributed by atoms with Gasteiger partial charge < -0.3 is 15.4 Å². The van der Waals surface area contributed by atoms with E-state index in [1.54, 1.807) is 7.11 Å². The Morgan fingerprint density at radius 3 is 2.50 bits per heavy atom. The highest BCUT2D eigenvalue weighted by atomic mass is 32.1. The number of hydrogen-bond donors (Lipinski definition) is 2. The fraction of sp³-hybridized carbons (Fsp3) is 0.900. The summed E-state index contributed by atoms with van der Waals surface area (Å²) >= 11 is 5.07. The molecule has 0 saturated carbocycles. The first-order valence-corrected chi connectivity index (χ1v) is 5.72. The Morgan fingerprint density at radius 2 is 1.86 bits per heavy atom. The van der Waals surface area contributed by atoms with Crippen molar-refractivity contribution in [2.24, 2.45) is 0 Å². The van der Waals surface area contributed by atoms with Gasteiger partial charge in [0.2, 0.25) is 0 Å². The Labute approximate surface area is 92.6 Å². The van der Waals surface area contributed by atoms with Crippen molar-refractivity contribution >= 4 is 17.3 Å². The molecule has 0 aliphatic heterocycles. The lowest BCUT2D eigenvalue weighted by molar-refractivity contribution is 0.204. The van der Waals surface area contributed by atoms with Crippen LogP contribution in [0.25, 0.3) is 0 Å². The molecule has 0 saturated heterocycles. The molecular formula is C10H22N2OS.